The van der Waals surface area contributed by atoms with Gasteiger partial charge in [0.1, 0.15) is 0 Å². The minimum absolute atomic E-state index is 0.137. The second-order valence-electron chi connectivity index (χ2n) is 7.06. The molecule has 0 atom stereocenters. The van der Waals surface area contributed by atoms with Gasteiger partial charge in [0.25, 0.3) is 0 Å². The number of carbonyl (C=O) groups is 1. The third-order valence-electron chi connectivity index (χ3n) is 5.02. The number of hydrogen-bond donors (Lipinski definition) is 2. The van der Waals surface area contributed by atoms with Gasteiger partial charge in [-0.05, 0) is 55.6 Å². The van der Waals surface area contributed by atoms with Crippen molar-refractivity contribution in [1.82, 2.24) is 10.2 Å². The molecule has 3 rings (SSSR count). The zero-order valence-electron chi connectivity index (χ0n) is 15.8. The molecule has 0 aromatic heterocycles. The lowest BCUT2D eigenvalue weighted by Crippen LogP contribution is -2.47. The lowest BCUT2D eigenvalue weighted by atomic mass is 10.0. The third kappa shape index (κ3) is 5.79. The summed E-state index contributed by atoms with van der Waals surface area (Å²) in [4.78, 5) is 14.4. The maximum absolute atomic E-state index is 12.2. The van der Waals surface area contributed by atoms with Crippen LogP contribution in [0.1, 0.15) is 30.4 Å². The van der Waals surface area contributed by atoms with Gasteiger partial charge in [0, 0.05) is 31.2 Å². The van der Waals surface area contributed by atoms with E-state index in [4.69, 9.17) is 12.2 Å². The maximum Gasteiger partial charge on any atom is 0.220 e. The summed E-state index contributed by atoms with van der Waals surface area (Å²) in [6, 6.07) is 18.5. The molecular formula is C22H27N3OS. The highest BCUT2D eigenvalue weighted by Gasteiger charge is 2.22. The Labute approximate surface area is 167 Å². The Hall–Kier alpha value is -2.40. The van der Waals surface area contributed by atoms with Crippen molar-refractivity contribution in [3.05, 3.63) is 65.7 Å². The SMILES string of the molecule is Cc1ccccc1NC(=S)N1CCC(NC(=O)CCc2ccccc2)CC1. The number of para-hydroxylation sites is 1. The van der Waals surface area contributed by atoms with Crippen molar-refractivity contribution in [2.24, 2.45) is 0 Å². The van der Waals surface area contributed by atoms with Crippen LogP contribution in [0.4, 0.5) is 5.69 Å². The molecule has 2 N–H and O–H groups in total. The molecule has 0 bridgehead atoms. The molecule has 1 heterocycles. The number of anilines is 1. The zero-order valence-corrected chi connectivity index (χ0v) is 16.6. The summed E-state index contributed by atoms with van der Waals surface area (Å²) < 4.78 is 0. The number of benzene rings is 2. The van der Waals surface area contributed by atoms with Crippen LogP contribution in [-0.2, 0) is 11.2 Å². The summed E-state index contributed by atoms with van der Waals surface area (Å²) in [6.45, 7) is 3.80. The van der Waals surface area contributed by atoms with Crippen molar-refractivity contribution in [1.29, 1.82) is 0 Å². The summed E-state index contributed by atoms with van der Waals surface area (Å²) in [5.74, 6) is 0.137. The molecule has 0 saturated carbocycles. The van der Waals surface area contributed by atoms with Gasteiger partial charge >= 0.3 is 0 Å². The highest BCUT2D eigenvalue weighted by molar-refractivity contribution is 7.80. The van der Waals surface area contributed by atoms with Crippen molar-refractivity contribution < 1.29 is 4.79 Å². The highest BCUT2D eigenvalue weighted by Crippen LogP contribution is 2.17. The number of nitrogens with one attached hydrogen (secondary N) is 2. The number of rotatable bonds is 5. The van der Waals surface area contributed by atoms with Gasteiger partial charge in [0.05, 0.1) is 0 Å². The Balaban J connectivity index is 1.40. The molecule has 142 valence electrons. The number of hydrogen-bond acceptors (Lipinski definition) is 2. The Morgan fingerprint density at radius 3 is 2.44 bits per heavy atom. The average molecular weight is 382 g/mol. The van der Waals surface area contributed by atoms with Crippen LogP contribution in [0.3, 0.4) is 0 Å². The van der Waals surface area contributed by atoms with Crippen molar-refractivity contribution in [3.8, 4) is 0 Å². The van der Waals surface area contributed by atoms with Crippen LogP contribution in [0.5, 0.6) is 0 Å². The largest absolute Gasteiger partial charge is 0.353 e. The Bertz CT molecular complexity index is 770. The van der Waals surface area contributed by atoms with Gasteiger partial charge in [0.15, 0.2) is 5.11 Å². The Morgan fingerprint density at radius 2 is 1.74 bits per heavy atom. The van der Waals surface area contributed by atoms with Gasteiger partial charge in [0.2, 0.25) is 5.91 Å². The standard InChI is InChI=1S/C22H27N3OS/c1-17-7-5-6-10-20(17)24-22(27)25-15-13-19(14-16-25)23-21(26)12-11-18-8-3-2-4-9-18/h2-10,19H,11-16H2,1H3,(H,23,26)(H,24,27). The normalized spacial score (nSPS) is 14.6. The first-order valence-corrected chi connectivity index (χ1v) is 9.97. The number of aryl methyl sites for hydroxylation is 2. The quantitative estimate of drug-likeness (QED) is 0.771. The summed E-state index contributed by atoms with van der Waals surface area (Å²) in [5.41, 5.74) is 3.44. The lowest BCUT2D eigenvalue weighted by molar-refractivity contribution is -0.122. The van der Waals surface area contributed by atoms with Gasteiger partial charge in [-0.2, -0.15) is 0 Å². The number of thiocarbonyl (C=S) groups is 1. The molecule has 1 aliphatic heterocycles. The van der Waals surface area contributed by atoms with Crippen LogP contribution in [0, 0.1) is 6.92 Å². The molecule has 1 saturated heterocycles. The first-order valence-electron chi connectivity index (χ1n) is 9.56. The van der Waals surface area contributed by atoms with Crippen LogP contribution in [0.2, 0.25) is 0 Å². The van der Waals surface area contributed by atoms with Crippen LogP contribution in [0.25, 0.3) is 0 Å². The van der Waals surface area contributed by atoms with Crippen molar-refractivity contribution in [3.63, 3.8) is 0 Å². The van der Waals surface area contributed by atoms with Gasteiger partial charge in [-0.3, -0.25) is 4.79 Å². The molecule has 4 nitrogen and oxygen atoms in total. The minimum atomic E-state index is 0.137. The number of likely N-dealkylation sites (tertiary alicyclic amines) is 1. The second kappa shape index (κ2) is 9.51. The van der Waals surface area contributed by atoms with E-state index in [1.165, 1.54) is 11.1 Å². The number of nitrogens with zero attached hydrogens (tertiary/aromatic N) is 1. The molecule has 1 fully saturated rings. The molecule has 27 heavy (non-hydrogen) atoms. The van der Waals surface area contributed by atoms with E-state index in [0.717, 1.165) is 43.2 Å². The first kappa shape index (κ1) is 19.4. The van der Waals surface area contributed by atoms with Crippen LogP contribution in [-0.4, -0.2) is 35.1 Å². The Kier molecular flexibility index (Phi) is 6.82. The smallest absolute Gasteiger partial charge is 0.220 e. The van der Waals surface area contributed by atoms with E-state index in [0.29, 0.717) is 6.42 Å². The van der Waals surface area contributed by atoms with E-state index in [9.17, 15) is 4.79 Å². The molecule has 1 aliphatic rings. The molecule has 0 spiro atoms. The topological polar surface area (TPSA) is 44.4 Å². The van der Waals surface area contributed by atoms with Crippen molar-refractivity contribution in [2.75, 3.05) is 18.4 Å². The van der Waals surface area contributed by atoms with Crippen molar-refractivity contribution >= 4 is 28.9 Å². The summed E-state index contributed by atoms with van der Waals surface area (Å²) in [7, 11) is 0. The fourth-order valence-corrected chi connectivity index (χ4v) is 3.63. The highest BCUT2D eigenvalue weighted by atomic mass is 32.1. The van der Waals surface area contributed by atoms with E-state index in [-0.39, 0.29) is 11.9 Å². The fraction of sp³-hybridized carbons (Fsp3) is 0.364. The summed E-state index contributed by atoms with van der Waals surface area (Å²) in [6.07, 6.45) is 3.17. The fourth-order valence-electron chi connectivity index (χ4n) is 3.34. The molecular weight excluding hydrogens is 354 g/mol. The summed E-state index contributed by atoms with van der Waals surface area (Å²) >= 11 is 5.57. The second-order valence-corrected chi connectivity index (χ2v) is 7.45. The predicted octanol–water partition coefficient (Wildman–Crippen LogP) is 3.91. The van der Waals surface area contributed by atoms with Crippen LogP contribution < -0.4 is 10.6 Å². The van der Waals surface area contributed by atoms with E-state index in [1.54, 1.807) is 0 Å². The van der Waals surface area contributed by atoms with Crippen LogP contribution in [0.15, 0.2) is 54.6 Å². The van der Waals surface area contributed by atoms with E-state index < -0.39 is 0 Å². The van der Waals surface area contributed by atoms with E-state index in [2.05, 4.69) is 40.7 Å². The maximum atomic E-state index is 12.2. The van der Waals surface area contributed by atoms with Gasteiger partial charge in [-0.1, -0.05) is 48.5 Å². The zero-order chi connectivity index (χ0) is 19.1. The Morgan fingerprint density at radius 1 is 1.07 bits per heavy atom. The van der Waals surface area contributed by atoms with Crippen molar-refractivity contribution in [2.45, 2.75) is 38.6 Å². The first-order chi connectivity index (χ1) is 13.1. The minimum Gasteiger partial charge on any atom is -0.353 e. The monoisotopic (exact) mass is 381 g/mol. The van der Waals surface area contributed by atoms with Gasteiger partial charge in [-0.15, -0.1) is 0 Å². The van der Waals surface area contributed by atoms with E-state index >= 15 is 0 Å². The predicted molar refractivity (Wildman–Crippen MR) is 115 cm³/mol. The lowest BCUT2D eigenvalue weighted by Gasteiger charge is -2.34. The molecule has 1 amide bonds. The van der Waals surface area contributed by atoms with Gasteiger partial charge < -0.3 is 15.5 Å². The third-order valence-corrected chi connectivity index (χ3v) is 5.38. The molecule has 5 heteroatoms. The van der Waals surface area contributed by atoms with E-state index in [1.807, 2.05) is 36.4 Å². The molecule has 0 aliphatic carbocycles. The molecule has 0 radical (unpaired) electrons. The number of amides is 1. The van der Waals surface area contributed by atoms with Crippen LogP contribution >= 0.6 is 12.2 Å². The number of piperidine rings is 1. The average Bonchev–Trinajstić information content (AvgIpc) is 2.69. The molecule has 2 aromatic carbocycles. The summed E-state index contributed by atoms with van der Waals surface area (Å²) in [5, 5.41) is 7.28. The van der Waals surface area contributed by atoms with Gasteiger partial charge in [-0.25, -0.2) is 0 Å². The molecule has 0 unspecified atom stereocenters. The number of carbonyl (C=O) groups excluding carboxylic acids is 1. The molecule has 2 aromatic rings.